The zero-order valence-corrected chi connectivity index (χ0v) is 8.05. The van der Waals surface area contributed by atoms with E-state index in [1.165, 1.54) is 6.07 Å². The Labute approximate surface area is 80.5 Å². The summed E-state index contributed by atoms with van der Waals surface area (Å²) in [7, 11) is 0. The van der Waals surface area contributed by atoms with E-state index < -0.39 is 4.92 Å². The molecule has 5 heteroatoms. The lowest BCUT2D eigenvalue weighted by atomic mass is 10.1. The van der Waals surface area contributed by atoms with Crippen LogP contribution in [0.15, 0.2) is 6.07 Å². The number of anilines is 1. The number of nitrogens with two attached hydrogens (primary N) is 1. The third-order valence-corrected chi connectivity index (χ3v) is 2.23. The molecule has 13 heavy (non-hydrogen) atoms. The predicted octanol–water partition coefficient (Wildman–Crippen LogP) is 2.45. The van der Waals surface area contributed by atoms with Crippen LogP contribution in [0.2, 0.25) is 5.02 Å². The van der Waals surface area contributed by atoms with Gasteiger partial charge in [-0.3, -0.25) is 10.1 Å². The first-order chi connectivity index (χ1) is 5.95. The number of rotatable bonds is 1. The molecule has 1 aromatic carbocycles. The number of nitrogens with zero attached hydrogens (tertiary/aromatic N) is 1. The normalized spacial score (nSPS) is 10.1. The lowest BCUT2D eigenvalue weighted by Gasteiger charge is -2.05. The van der Waals surface area contributed by atoms with Crippen LogP contribution in [0.5, 0.6) is 0 Å². The Morgan fingerprint density at radius 3 is 2.54 bits per heavy atom. The van der Waals surface area contributed by atoms with Gasteiger partial charge in [-0.05, 0) is 19.9 Å². The second kappa shape index (κ2) is 3.22. The van der Waals surface area contributed by atoms with Crippen molar-refractivity contribution in [2.24, 2.45) is 0 Å². The third kappa shape index (κ3) is 1.58. The van der Waals surface area contributed by atoms with E-state index in [1.54, 1.807) is 13.8 Å². The molecule has 0 heterocycles. The summed E-state index contributed by atoms with van der Waals surface area (Å²) in [5.41, 5.74) is 6.83. The molecular formula is C8H9ClN2O2. The molecular weight excluding hydrogens is 192 g/mol. The van der Waals surface area contributed by atoms with E-state index in [-0.39, 0.29) is 11.4 Å². The van der Waals surface area contributed by atoms with Crippen LogP contribution in [-0.4, -0.2) is 4.92 Å². The first kappa shape index (κ1) is 9.80. The molecule has 0 aromatic heterocycles. The highest BCUT2D eigenvalue weighted by Crippen LogP contribution is 2.33. The van der Waals surface area contributed by atoms with Crippen molar-refractivity contribution in [3.8, 4) is 0 Å². The molecule has 1 rings (SSSR count). The van der Waals surface area contributed by atoms with Crippen molar-refractivity contribution in [1.82, 2.24) is 0 Å². The first-order valence-corrected chi connectivity index (χ1v) is 4.02. The van der Waals surface area contributed by atoms with E-state index in [4.69, 9.17) is 17.3 Å². The highest BCUT2D eigenvalue weighted by molar-refractivity contribution is 6.33. The topological polar surface area (TPSA) is 69.2 Å². The van der Waals surface area contributed by atoms with E-state index in [2.05, 4.69) is 0 Å². The fraction of sp³-hybridized carbons (Fsp3) is 0.250. The van der Waals surface area contributed by atoms with Crippen molar-refractivity contribution in [2.45, 2.75) is 13.8 Å². The second-order valence-electron chi connectivity index (χ2n) is 2.82. The Hall–Kier alpha value is -1.29. The quantitative estimate of drug-likeness (QED) is 0.430. The van der Waals surface area contributed by atoms with Crippen molar-refractivity contribution in [3.63, 3.8) is 0 Å². The van der Waals surface area contributed by atoms with Crippen LogP contribution >= 0.6 is 11.6 Å². The van der Waals surface area contributed by atoms with E-state index >= 15 is 0 Å². The van der Waals surface area contributed by atoms with Crippen LogP contribution in [0.3, 0.4) is 0 Å². The van der Waals surface area contributed by atoms with E-state index in [1.807, 2.05) is 0 Å². The van der Waals surface area contributed by atoms with Crippen LogP contribution in [0.25, 0.3) is 0 Å². The summed E-state index contributed by atoms with van der Waals surface area (Å²) in [5, 5.41) is 11.0. The van der Waals surface area contributed by atoms with Gasteiger partial charge in [-0.25, -0.2) is 0 Å². The van der Waals surface area contributed by atoms with Gasteiger partial charge in [0.05, 0.1) is 21.2 Å². The van der Waals surface area contributed by atoms with E-state index in [0.29, 0.717) is 16.1 Å². The Balaban J connectivity index is 3.53. The Morgan fingerprint density at radius 1 is 1.54 bits per heavy atom. The molecule has 0 aliphatic carbocycles. The number of halogens is 1. The summed E-state index contributed by atoms with van der Waals surface area (Å²) in [4.78, 5) is 10.2. The zero-order valence-electron chi connectivity index (χ0n) is 7.30. The van der Waals surface area contributed by atoms with Crippen LogP contribution in [-0.2, 0) is 0 Å². The summed E-state index contributed by atoms with van der Waals surface area (Å²) in [6.07, 6.45) is 0. The fourth-order valence-corrected chi connectivity index (χ4v) is 1.52. The molecule has 0 aliphatic rings. The van der Waals surface area contributed by atoms with Crippen molar-refractivity contribution in [2.75, 3.05) is 5.73 Å². The number of nitro groups is 1. The predicted molar refractivity (Wildman–Crippen MR) is 52.0 cm³/mol. The highest BCUT2D eigenvalue weighted by Gasteiger charge is 2.18. The minimum Gasteiger partial charge on any atom is -0.397 e. The van der Waals surface area contributed by atoms with Gasteiger partial charge in [0.25, 0.3) is 5.69 Å². The monoisotopic (exact) mass is 200 g/mol. The smallest absolute Gasteiger partial charge is 0.277 e. The van der Waals surface area contributed by atoms with Crippen molar-refractivity contribution >= 4 is 23.0 Å². The zero-order chi connectivity index (χ0) is 10.2. The minimum absolute atomic E-state index is 0.0434. The van der Waals surface area contributed by atoms with Crippen LogP contribution in [0.1, 0.15) is 11.1 Å². The van der Waals surface area contributed by atoms with Gasteiger partial charge < -0.3 is 5.73 Å². The molecule has 70 valence electrons. The molecule has 0 spiro atoms. The molecule has 1 aromatic rings. The molecule has 0 aliphatic heterocycles. The van der Waals surface area contributed by atoms with Crippen molar-refractivity contribution in [1.29, 1.82) is 0 Å². The maximum atomic E-state index is 10.6. The maximum absolute atomic E-state index is 10.6. The lowest BCUT2D eigenvalue weighted by molar-refractivity contribution is -0.385. The molecule has 0 unspecified atom stereocenters. The van der Waals surface area contributed by atoms with Gasteiger partial charge in [0.15, 0.2) is 0 Å². The standard InChI is InChI=1S/C8H9ClN2O2/c1-4-3-6(9)7(10)5(2)8(4)11(12)13/h3H,10H2,1-2H3. The average molecular weight is 201 g/mol. The lowest BCUT2D eigenvalue weighted by Crippen LogP contribution is -2.00. The molecule has 0 bridgehead atoms. The fourth-order valence-electron chi connectivity index (χ4n) is 1.22. The summed E-state index contributed by atoms with van der Waals surface area (Å²) in [6.45, 7) is 3.22. The van der Waals surface area contributed by atoms with E-state index in [0.717, 1.165) is 0 Å². The van der Waals surface area contributed by atoms with Gasteiger partial charge in [-0.1, -0.05) is 11.6 Å². The summed E-state index contributed by atoms with van der Waals surface area (Å²) in [5.74, 6) is 0. The van der Waals surface area contributed by atoms with Crippen molar-refractivity contribution < 1.29 is 4.92 Å². The molecule has 0 fully saturated rings. The molecule has 0 radical (unpaired) electrons. The molecule has 0 atom stereocenters. The van der Waals surface area contributed by atoms with Crippen LogP contribution in [0.4, 0.5) is 11.4 Å². The largest absolute Gasteiger partial charge is 0.397 e. The number of benzene rings is 1. The van der Waals surface area contributed by atoms with Gasteiger partial charge >= 0.3 is 0 Å². The highest BCUT2D eigenvalue weighted by atomic mass is 35.5. The molecule has 0 saturated carbocycles. The van der Waals surface area contributed by atoms with Gasteiger partial charge in [-0.2, -0.15) is 0 Å². The van der Waals surface area contributed by atoms with Crippen LogP contribution < -0.4 is 5.73 Å². The first-order valence-electron chi connectivity index (χ1n) is 3.64. The Kier molecular flexibility index (Phi) is 2.43. The number of hydrogen-bond donors (Lipinski definition) is 1. The summed E-state index contributed by atoms with van der Waals surface area (Å²) < 4.78 is 0. The van der Waals surface area contributed by atoms with Crippen LogP contribution in [0, 0.1) is 24.0 Å². The SMILES string of the molecule is Cc1cc(Cl)c(N)c(C)c1[N+](=O)[O-]. The minimum atomic E-state index is -0.447. The second-order valence-corrected chi connectivity index (χ2v) is 3.23. The van der Waals surface area contributed by atoms with Gasteiger partial charge in [0.1, 0.15) is 0 Å². The van der Waals surface area contributed by atoms with Gasteiger partial charge in [-0.15, -0.1) is 0 Å². The molecule has 2 N–H and O–H groups in total. The van der Waals surface area contributed by atoms with Gasteiger partial charge in [0, 0.05) is 5.56 Å². The average Bonchev–Trinajstić information content (AvgIpc) is 1.99. The van der Waals surface area contributed by atoms with Crippen molar-refractivity contribution in [3.05, 3.63) is 32.3 Å². The number of aryl methyl sites for hydroxylation is 1. The number of hydrogen-bond acceptors (Lipinski definition) is 3. The summed E-state index contributed by atoms with van der Waals surface area (Å²) in [6, 6.07) is 1.50. The molecule has 0 amide bonds. The Morgan fingerprint density at radius 2 is 2.08 bits per heavy atom. The maximum Gasteiger partial charge on any atom is 0.277 e. The third-order valence-electron chi connectivity index (χ3n) is 1.92. The van der Waals surface area contributed by atoms with Gasteiger partial charge in [0.2, 0.25) is 0 Å². The number of nitro benzene ring substituents is 1. The Bertz CT molecular complexity index is 377. The molecule has 4 nitrogen and oxygen atoms in total. The molecule has 0 saturated heterocycles. The van der Waals surface area contributed by atoms with E-state index in [9.17, 15) is 10.1 Å². The summed E-state index contributed by atoms with van der Waals surface area (Å²) >= 11 is 5.75. The number of nitrogen functional groups attached to an aromatic ring is 1.